The molecule has 6 nitrogen and oxygen atoms in total. The van der Waals surface area contributed by atoms with Gasteiger partial charge in [-0.2, -0.15) is 0 Å². The Morgan fingerprint density at radius 2 is 1.96 bits per heavy atom. The second kappa shape index (κ2) is 8.31. The number of halogens is 1. The van der Waals surface area contributed by atoms with Crippen LogP contribution in [0.4, 0.5) is 11.4 Å². The summed E-state index contributed by atoms with van der Waals surface area (Å²) in [7, 11) is 1.76. The predicted octanol–water partition coefficient (Wildman–Crippen LogP) is 3.71. The number of carbonyl (C=O) groups excluding carboxylic acids is 1. The maximum atomic E-state index is 12.1. The number of carbonyl (C=O) groups is 1. The highest BCUT2D eigenvalue weighted by atomic mass is 35.5. The van der Waals surface area contributed by atoms with E-state index in [-0.39, 0.29) is 16.6 Å². The van der Waals surface area contributed by atoms with Gasteiger partial charge in [-0.1, -0.05) is 41.9 Å². The molecule has 0 heterocycles. The predicted molar refractivity (Wildman–Crippen MR) is 94.1 cm³/mol. The zero-order valence-electron chi connectivity index (χ0n) is 13.2. The summed E-state index contributed by atoms with van der Waals surface area (Å²) in [6.45, 7) is 0.952. The van der Waals surface area contributed by atoms with Gasteiger partial charge in [0, 0.05) is 38.7 Å². The molecule has 126 valence electrons. The van der Waals surface area contributed by atoms with E-state index in [1.54, 1.807) is 18.0 Å². The molecule has 24 heavy (non-hydrogen) atoms. The maximum Gasteiger partial charge on any atom is 0.271 e. The van der Waals surface area contributed by atoms with Crippen molar-refractivity contribution in [3.63, 3.8) is 0 Å². The van der Waals surface area contributed by atoms with Gasteiger partial charge in [-0.05, 0) is 11.6 Å². The number of nitro groups is 1. The lowest BCUT2D eigenvalue weighted by Crippen LogP contribution is -2.27. The van der Waals surface area contributed by atoms with Gasteiger partial charge in [-0.15, -0.1) is 0 Å². The molecule has 0 aliphatic heterocycles. The number of amides is 1. The van der Waals surface area contributed by atoms with Crippen molar-refractivity contribution in [2.75, 3.05) is 18.9 Å². The van der Waals surface area contributed by atoms with E-state index in [9.17, 15) is 14.9 Å². The largest absolute Gasteiger partial charge is 0.383 e. The molecule has 0 fully saturated rings. The Morgan fingerprint density at radius 3 is 2.58 bits per heavy atom. The van der Waals surface area contributed by atoms with E-state index in [1.165, 1.54) is 12.1 Å². The van der Waals surface area contributed by atoms with E-state index in [2.05, 4.69) is 5.32 Å². The third kappa shape index (κ3) is 4.96. The number of nitrogens with one attached hydrogen (secondary N) is 1. The van der Waals surface area contributed by atoms with E-state index < -0.39 is 4.92 Å². The van der Waals surface area contributed by atoms with Crippen molar-refractivity contribution >= 4 is 28.9 Å². The Labute approximate surface area is 145 Å². The topological polar surface area (TPSA) is 75.5 Å². The number of anilines is 1. The second-order valence-electron chi connectivity index (χ2n) is 5.33. The van der Waals surface area contributed by atoms with Crippen LogP contribution >= 0.6 is 11.6 Å². The minimum Gasteiger partial charge on any atom is -0.383 e. The average molecular weight is 348 g/mol. The average Bonchev–Trinajstić information content (AvgIpc) is 2.56. The van der Waals surface area contributed by atoms with Crippen molar-refractivity contribution in [2.24, 2.45) is 0 Å². The molecule has 7 heteroatoms. The van der Waals surface area contributed by atoms with Gasteiger partial charge in [-0.3, -0.25) is 14.9 Å². The molecule has 2 aromatic carbocycles. The van der Waals surface area contributed by atoms with Crippen LogP contribution in [0.1, 0.15) is 12.0 Å². The van der Waals surface area contributed by atoms with Gasteiger partial charge in [-0.25, -0.2) is 0 Å². The van der Waals surface area contributed by atoms with Crippen LogP contribution < -0.4 is 5.32 Å². The van der Waals surface area contributed by atoms with Gasteiger partial charge in [0.05, 0.1) is 15.6 Å². The van der Waals surface area contributed by atoms with Crippen LogP contribution in [-0.4, -0.2) is 29.3 Å². The van der Waals surface area contributed by atoms with Gasteiger partial charge in [0.1, 0.15) is 0 Å². The number of hydrogen-bond acceptors (Lipinski definition) is 4. The lowest BCUT2D eigenvalue weighted by molar-refractivity contribution is -0.384. The van der Waals surface area contributed by atoms with Crippen molar-refractivity contribution in [1.82, 2.24) is 4.90 Å². The summed E-state index contributed by atoms with van der Waals surface area (Å²) in [5, 5.41) is 14.0. The number of hydrogen-bond donors (Lipinski definition) is 1. The molecular formula is C17H18ClN3O3. The highest BCUT2D eigenvalue weighted by Gasteiger charge is 2.11. The Bertz CT molecular complexity index is 722. The molecule has 0 spiro atoms. The molecule has 0 radical (unpaired) electrons. The first-order chi connectivity index (χ1) is 11.5. The third-order valence-corrected chi connectivity index (χ3v) is 3.82. The Morgan fingerprint density at radius 1 is 1.25 bits per heavy atom. The van der Waals surface area contributed by atoms with Crippen molar-refractivity contribution in [1.29, 1.82) is 0 Å². The molecule has 0 aliphatic rings. The van der Waals surface area contributed by atoms with E-state index in [1.807, 2.05) is 30.3 Å². The van der Waals surface area contributed by atoms with Crippen LogP contribution in [0.3, 0.4) is 0 Å². The van der Waals surface area contributed by atoms with Crippen LogP contribution in [0.15, 0.2) is 48.5 Å². The fraction of sp³-hybridized carbons (Fsp3) is 0.235. The van der Waals surface area contributed by atoms with Crippen LogP contribution in [0.5, 0.6) is 0 Å². The summed E-state index contributed by atoms with van der Waals surface area (Å²) in [5.74, 6) is 0.00406. The number of benzene rings is 2. The number of nitro benzene ring substituents is 1. The Balaban J connectivity index is 1.83. The molecule has 0 atom stereocenters. The summed E-state index contributed by atoms with van der Waals surface area (Å²) < 4.78 is 0. The minimum atomic E-state index is -0.502. The van der Waals surface area contributed by atoms with Crippen LogP contribution in [-0.2, 0) is 11.3 Å². The molecule has 0 unspecified atom stereocenters. The van der Waals surface area contributed by atoms with E-state index >= 15 is 0 Å². The van der Waals surface area contributed by atoms with Gasteiger partial charge in [0.15, 0.2) is 0 Å². The van der Waals surface area contributed by atoms with Crippen LogP contribution in [0.2, 0.25) is 5.02 Å². The van der Waals surface area contributed by atoms with Gasteiger partial charge >= 0.3 is 0 Å². The second-order valence-corrected chi connectivity index (χ2v) is 5.74. The van der Waals surface area contributed by atoms with Crippen molar-refractivity contribution in [3.8, 4) is 0 Å². The zero-order valence-corrected chi connectivity index (χ0v) is 14.0. The van der Waals surface area contributed by atoms with Crippen LogP contribution in [0.25, 0.3) is 0 Å². The maximum absolute atomic E-state index is 12.1. The molecule has 0 saturated heterocycles. The van der Waals surface area contributed by atoms with Gasteiger partial charge < -0.3 is 10.2 Å². The summed E-state index contributed by atoms with van der Waals surface area (Å²) in [5.41, 5.74) is 1.57. The normalized spacial score (nSPS) is 10.2. The molecule has 0 bridgehead atoms. The van der Waals surface area contributed by atoms with E-state index in [4.69, 9.17) is 11.6 Å². The standard InChI is InChI=1S/C17H18ClN3O3/c1-20(12-13-5-3-2-4-6-13)17(22)9-10-19-16-8-7-14(21(23)24)11-15(16)18/h2-8,11,19H,9-10,12H2,1H3. The summed E-state index contributed by atoms with van der Waals surface area (Å²) in [6, 6.07) is 13.9. The molecule has 1 N–H and O–H groups in total. The first-order valence-electron chi connectivity index (χ1n) is 7.43. The van der Waals surface area contributed by atoms with Crippen LogP contribution in [0, 0.1) is 10.1 Å². The third-order valence-electron chi connectivity index (χ3n) is 3.51. The molecule has 2 rings (SSSR count). The summed E-state index contributed by atoms with van der Waals surface area (Å²) in [4.78, 5) is 24.0. The van der Waals surface area contributed by atoms with Crippen molar-refractivity contribution in [3.05, 3.63) is 69.2 Å². The molecule has 2 aromatic rings. The number of nitrogens with zero attached hydrogens (tertiary/aromatic N) is 2. The molecule has 0 saturated carbocycles. The van der Waals surface area contributed by atoms with Gasteiger partial charge in [0.25, 0.3) is 5.69 Å². The lowest BCUT2D eigenvalue weighted by atomic mass is 10.2. The quantitative estimate of drug-likeness (QED) is 0.612. The molecule has 1 amide bonds. The fourth-order valence-electron chi connectivity index (χ4n) is 2.20. The minimum absolute atomic E-state index is 0.00406. The van der Waals surface area contributed by atoms with Crippen molar-refractivity contribution < 1.29 is 9.72 Å². The summed E-state index contributed by atoms with van der Waals surface area (Å²) >= 11 is 6.00. The van der Waals surface area contributed by atoms with Crippen molar-refractivity contribution in [2.45, 2.75) is 13.0 Å². The highest BCUT2D eigenvalue weighted by Crippen LogP contribution is 2.26. The molecule has 0 aromatic heterocycles. The van der Waals surface area contributed by atoms with Gasteiger partial charge in [0.2, 0.25) is 5.91 Å². The summed E-state index contributed by atoms with van der Waals surface area (Å²) in [6.07, 6.45) is 0.302. The Hall–Kier alpha value is -2.60. The smallest absolute Gasteiger partial charge is 0.271 e. The fourth-order valence-corrected chi connectivity index (χ4v) is 2.44. The zero-order chi connectivity index (χ0) is 17.5. The van der Waals surface area contributed by atoms with E-state index in [0.29, 0.717) is 25.2 Å². The SMILES string of the molecule is CN(Cc1ccccc1)C(=O)CCNc1ccc([N+](=O)[O-])cc1Cl. The highest BCUT2D eigenvalue weighted by molar-refractivity contribution is 6.33. The monoisotopic (exact) mass is 347 g/mol. The molecule has 0 aliphatic carbocycles. The first kappa shape index (κ1) is 17.7. The number of non-ortho nitro benzene ring substituents is 1. The number of rotatable bonds is 7. The molecular weight excluding hydrogens is 330 g/mol. The lowest BCUT2D eigenvalue weighted by Gasteiger charge is -2.17. The first-order valence-corrected chi connectivity index (χ1v) is 7.81. The van der Waals surface area contributed by atoms with E-state index in [0.717, 1.165) is 5.56 Å². The Kier molecular flexibility index (Phi) is 6.14.